The van der Waals surface area contributed by atoms with Gasteiger partial charge in [-0.15, -0.1) is 0 Å². The van der Waals surface area contributed by atoms with E-state index in [-0.39, 0.29) is 0 Å². The van der Waals surface area contributed by atoms with Gasteiger partial charge in [-0.1, -0.05) is 13.3 Å². The van der Waals surface area contributed by atoms with Crippen molar-refractivity contribution >= 4 is 11.6 Å². The van der Waals surface area contributed by atoms with Gasteiger partial charge in [0, 0.05) is 6.54 Å². The van der Waals surface area contributed by atoms with Crippen LogP contribution in [0, 0.1) is 11.8 Å². The van der Waals surface area contributed by atoms with E-state index in [0.717, 1.165) is 24.2 Å². The lowest BCUT2D eigenvalue weighted by Crippen LogP contribution is -2.14. The third-order valence-electron chi connectivity index (χ3n) is 3.16. The summed E-state index contributed by atoms with van der Waals surface area (Å²) in [5.74, 6) is 8.29. The molecule has 0 bridgehead atoms. The van der Waals surface area contributed by atoms with E-state index in [4.69, 9.17) is 5.84 Å². The normalized spacial score (nSPS) is 24.4. The number of anilines is 2. The molecule has 1 aromatic rings. The predicted octanol–water partition coefficient (Wildman–Crippen LogP) is 1.61. The number of rotatable bonds is 4. The molecule has 1 aliphatic carbocycles. The Balaban J connectivity index is 1.84. The lowest BCUT2D eigenvalue weighted by Gasteiger charge is -2.11. The highest BCUT2D eigenvalue weighted by Gasteiger charge is 2.20. The van der Waals surface area contributed by atoms with Gasteiger partial charge in [0.15, 0.2) is 5.82 Å². The van der Waals surface area contributed by atoms with Crippen LogP contribution in [0.25, 0.3) is 0 Å². The first-order valence-corrected chi connectivity index (χ1v) is 5.80. The fourth-order valence-electron chi connectivity index (χ4n) is 2.28. The molecule has 2 unspecified atom stereocenters. The fraction of sp³-hybridized carbons (Fsp3) is 0.636. The first-order chi connectivity index (χ1) is 7.78. The maximum atomic E-state index is 5.27. The van der Waals surface area contributed by atoms with E-state index >= 15 is 0 Å². The Morgan fingerprint density at radius 3 is 2.88 bits per heavy atom. The van der Waals surface area contributed by atoms with Crippen LogP contribution < -0.4 is 16.6 Å². The summed E-state index contributed by atoms with van der Waals surface area (Å²) in [4.78, 5) is 8.31. The van der Waals surface area contributed by atoms with Gasteiger partial charge in [0.25, 0.3) is 0 Å². The summed E-state index contributed by atoms with van der Waals surface area (Å²) in [6.45, 7) is 3.30. The van der Waals surface area contributed by atoms with Crippen molar-refractivity contribution in [1.29, 1.82) is 0 Å². The molecule has 0 aliphatic heterocycles. The summed E-state index contributed by atoms with van der Waals surface area (Å²) >= 11 is 0. The molecule has 0 aromatic carbocycles. The second-order valence-electron chi connectivity index (χ2n) is 4.60. The first-order valence-electron chi connectivity index (χ1n) is 5.80. The maximum Gasteiger partial charge on any atom is 0.160 e. The highest BCUT2D eigenvalue weighted by atomic mass is 15.3. The summed E-state index contributed by atoms with van der Waals surface area (Å²) in [6, 6.07) is 0. The number of nitrogens with one attached hydrogen (secondary N) is 2. The molecule has 4 N–H and O–H groups in total. The van der Waals surface area contributed by atoms with E-state index in [1.807, 2.05) is 0 Å². The third-order valence-corrected chi connectivity index (χ3v) is 3.16. The average Bonchev–Trinajstić information content (AvgIpc) is 2.73. The smallest absolute Gasteiger partial charge is 0.160 e. The van der Waals surface area contributed by atoms with Crippen LogP contribution in [-0.2, 0) is 0 Å². The topological polar surface area (TPSA) is 75.9 Å². The molecule has 5 nitrogen and oxygen atoms in total. The summed E-state index contributed by atoms with van der Waals surface area (Å²) < 4.78 is 0. The predicted molar refractivity (Wildman–Crippen MR) is 64.8 cm³/mol. The average molecular weight is 221 g/mol. The van der Waals surface area contributed by atoms with Crippen molar-refractivity contribution in [1.82, 2.24) is 9.97 Å². The molecule has 2 rings (SSSR count). The van der Waals surface area contributed by atoms with Crippen molar-refractivity contribution in [3.8, 4) is 0 Å². The molecule has 88 valence electrons. The van der Waals surface area contributed by atoms with Gasteiger partial charge in [0.05, 0.1) is 12.4 Å². The van der Waals surface area contributed by atoms with Gasteiger partial charge < -0.3 is 10.7 Å². The number of nitrogen functional groups attached to an aromatic ring is 1. The van der Waals surface area contributed by atoms with Crippen LogP contribution in [0.4, 0.5) is 11.6 Å². The van der Waals surface area contributed by atoms with E-state index < -0.39 is 0 Å². The quantitative estimate of drug-likeness (QED) is 0.532. The molecule has 1 fully saturated rings. The van der Waals surface area contributed by atoms with E-state index in [1.54, 1.807) is 12.4 Å². The number of nitrogens with two attached hydrogens (primary N) is 1. The van der Waals surface area contributed by atoms with Crippen molar-refractivity contribution in [2.45, 2.75) is 26.2 Å². The molecule has 1 aromatic heterocycles. The summed E-state index contributed by atoms with van der Waals surface area (Å²) in [5.41, 5.74) is 2.49. The zero-order valence-corrected chi connectivity index (χ0v) is 9.61. The molecule has 2 atom stereocenters. The molecule has 1 saturated carbocycles. The SMILES string of the molecule is CC1CCC(CNc2cncc(NN)n2)C1. The Morgan fingerprint density at radius 2 is 2.19 bits per heavy atom. The zero-order chi connectivity index (χ0) is 11.4. The van der Waals surface area contributed by atoms with Crippen molar-refractivity contribution < 1.29 is 0 Å². The van der Waals surface area contributed by atoms with Gasteiger partial charge in [0.2, 0.25) is 0 Å². The van der Waals surface area contributed by atoms with Crippen molar-refractivity contribution in [3.05, 3.63) is 12.4 Å². The van der Waals surface area contributed by atoms with Gasteiger partial charge in [-0.3, -0.25) is 4.98 Å². The molecule has 5 heteroatoms. The molecule has 0 amide bonds. The zero-order valence-electron chi connectivity index (χ0n) is 9.61. The molecular formula is C11H19N5. The van der Waals surface area contributed by atoms with Crippen LogP contribution in [0.5, 0.6) is 0 Å². The van der Waals surface area contributed by atoms with Crippen molar-refractivity contribution in [3.63, 3.8) is 0 Å². The van der Waals surface area contributed by atoms with Gasteiger partial charge in [-0.25, -0.2) is 10.8 Å². The van der Waals surface area contributed by atoms with Crippen LogP contribution in [0.15, 0.2) is 12.4 Å². The molecule has 16 heavy (non-hydrogen) atoms. The van der Waals surface area contributed by atoms with Gasteiger partial charge >= 0.3 is 0 Å². The fourth-order valence-corrected chi connectivity index (χ4v) is 2.28. The lowest BCUT2D eigenvalue weighted by atomic mass is 10.1. The summed E-state index contributed by atoms with van der Waals surface area (Å²) in [5, 5.41) is 3.31. The minimum Gasteiger partial charge on any atom is -0.368 e. The number of nitrogens with zero attached hydrogens (tertiary/aromatic N) is 2. The number of hydrazine groups is 1. The molecule has 0 radical (unpaired) electrons. The molecule has 0 spiro atoms. The highest BCUT2D eigenvalue weighted by Crippen LogP contribution is 2.30. The molecule has 1 heterocycles. The minimum atomic E-state index is 0.588. The lowest BCUT2D eigenvalue weighted by molar-refractivity contribution is 0.536. The number of aromatic nitrogens is 2. The molecular weight excluding hydrogens is 202 g/mol. The van der Waals surface area contributed by atoms with Crippen LogP contribution in [0.2, 0.25) is 0 Å². The Morgan fingerprint density at radius 1 is 1.38 bits per heavy atom. The van der Waals surface area contributed by atoms with E-state index in [1.165, 1.54) is 19.3 Å². The van der Waals surface area contributed by atoms with Crippen LogP contribution in [0.1, 0.15) is 26.2 Å². The van der Waals surface area contributed by atoms with Gasteiger partial charge in [-0.05, 0) is 24.7 Å². The second-order valence-corrected chi connectivity index (χ2v) is 4.60. The monoisotopic (exact) mass is 221 g/mol. The standard InChI is InChI=1S/C11H19N5/c1-8-2-3-9(4-8)5-14-10-6-13-7-11(15-10)16-12/h6-9H,2-5,12H2,1H3,(H2,14,15,16). The number of hydrogen-bond donors (Lipinski definition) is 3. The first kappa shape index (κ1) is 11.1. The van der Waals surface area contributed by atoms with Crippen LogP contribution in [0.3, 0.4) is 0 Å². The largest absolute Gasteiger partial charge is 0.368 e. The second kappa shape index (κ2) is 5.12. The van der Waals surface area contributed by atoms with Crippen molar-refractivity contribution in [2.24, 2.45) is 17.7 Å². The number of hydrogen-bond acceptors (Lipinski definition) is 5. The summed E-state index contributed by atoms with van der Waals surface area (Å²) in [7, 11) is 0. The highest BCUT2D eigenvalue weighted by molar-refractivity contribution is 5.40. The van der Waals surface area contributed by atoms with E-state index in [0.29, 0.717) is 5.82 Å². The van der Waals surface area contributed by atoms with Crippen LogP contribution >= 0.6 is 0 Å². The molecule has 0 saturated heterocycles. The third kappa shape index (κ3) is 2.82. The minimum absolute atomic E-state index is 0.588. The van der Waals surface area contributed by atoms with Gasteiger partial charge in [-0.2, -0.15) is 0 Å². The summed E-state index contributed by atoms with van der Waals surface area (Å²) in [6.07, 6.45) is 7.30. The molecule has 1 aliphatic rings. The van der Waals surface area contributed by atoms with Crippen molar-refractivity contribution in [2.75, 3.05) is 17.3 Å². The van der Waals surface area contributed by atoms with E-state index in [9.17, 15) is 0 Å². The Kier molecular flexibility index (Phi) is 3.56. The Labute approximate surface area is 95.8 Å². The Hall–Kier alpha value is -1.36. The van der Waals surface area contributed by atoms with Crippen LogP contribution in [-0.4, -0.2) is 16.5 Å². The van der Waals surface area contributed by atoms with Gasteiger partial charge in [0.1, 0.15) is 5.82 Å². The maximum absolute atomic E-state index is 5.27. The Bertz CT molecular complexity index is 341. The van der Waals surface area contributed by atoms with E-state index in [2.05, 4.69) is 27.6 Å².